The Balaban J connectivity index is 1.33. The number of nitrogen functional groups attached to an aromatic ring is 1. The molecule has 5 aromatic rings. The first-order valence-electron chi connectivity index (χ1n) is 11.9. The molecule has 0 saturated heterocycles. The zero-order valence-corrected chi connectivity index (χ0v) is 22.5. The van der Waals surface area contributed by atoms with Gasteiger partial charge in [0.25, 0.3) is 5.91 Å². The molecule has 0 unspecified atom stereocenters. The van der Waals surface area contributed by atoms with Gasteiger partial charge < -0.3 is 15.2 Å². The van der Waals surface area contributed by atoms with Crippen molar-refractivity contribution in [2.45, 2.75) is 20.5 Å². The fourth-order valence-corrected chi connectivity index (χ4v) is 4.53. The minimum atomic E-state index is -0.574. The summed E-state index contributed by atoms with van der Waals surface area (Å²) in [7, 11) is 0. The van der Waals surface area contributed by atoms with Gasteiger partial charge >= 0.3 is 0 Å². The fourth-order valence-electron chi connectivity index (χ4n) is 3.96. The molecule has 0 radical (unpaired) electrons. The number of nitrogens with two attached hydrogens (primary N) is 1. The molecular weight excluding hydrogens is 568 g/mol. The lowest BCUT2D eigenvalue weighted by atomic mass is 10.1. The summed E-state index contributed by atoms with van der Waals surface area (Å²) in [4.78, 5) is 12.8. The molecule has 0 aliphatic carbocycles. The van der Waals surface area contributed by atoms with Crippen molar-refractivity contribution in [3.8, 4) is 17.3 Å². The van der Waals surface area contributed by atoms with Gasteiger partial charge in [0.15, 0.2) is 17.2 Å². The number of aryl methyl sites for hydroxylation is 1. The van der Waals surface area contributed by atoms with Crippen LogP contribution in [0.25, 0.3) is 16.6 Å². The second-order valence-corrected chi connectivity index (χ2v) is 9.15. The number of fused-ring (bicyclic) bond motifs is 1. The molecule has 39 heavy (non-hydrogen) atoms. The maximum absolute atomic E-state index is 12.8. The van der Waals surface area contributed by atoms with Crippen molar-refractivity contribution in [2.75, 3.05) is 12.3 Å². The Labute approximate surface area is 230 Å². The number of ether oxygens (including phenoxy) is 2. The first kappa shape index (κ1) is 25.9. The topological polar surface area (TPSA) is 156 Å². The minimum Gasteiger partial charge on any atom is -0.490 e. The predicted octanol–water partition coefficient (Wildman–Crippen LogP) is 4.20. The van der Waals surface area contributed by atoms with Crippen LogP contribution in [0.1, 0.15) is 34.2 Å². The van der Waals surface area contributed by atoms with Gasteiger partial charge in [0.1, 0.15) is 6.61 Å². The highest BCUT2D eigenvalue weighted by Gasteiger charge is 2.23. The van der Waals surface area contributed by atoms with E-state index >= 15 is 0 Å². The number of carbonyl (C=O) groups excluding carboxylic acids is 1. The molecule has 3 N–H and O–H groups in total. The van der Waals surface area contributed by atoms with E-state index < -0.39 is 5.91 Å². The molecule has 0 aliphatic heterocycles. The van der Waals surface area contributed by atoms with Crippen LogP contribution in [0, 0.1) is 6.92 Å². The number of anilines is 1. The molecule has 1 amide bonds. The first-order valence-corrected chi connectivity index (χ1v) is 12.7. The number of halogens is 1. The summed E-state index contributed by atoms with van der Waals surface area (Å²) in [5, 5.41) is 21.3. The van der Waals surface area contributed by atoms with Gasteiger partial charge in [-0.25, -0.2) is 10.1 Å². The molecule has 0 fully saturated rings. The molecule has 12 nitrogen and oxygen atoms in total. The SMILES string of the molecule is CCOc1cc(/C=N\NC(=O)c2c(C)nnn2-c2nonc2N)cc(Br)c1OCc1cccc2ccccc12. The van der Waals surface area contributed by atoms with Crippen molar-refractivity contribution in [2.24, 2.45) is 5.10 Å². The number of benzene rings is 3. The average Bonchev–Trinajstić information content (AvgIpc) is 3.53. The Kier molecular flexibility index (Phi) is 7.50. The largest absolute Gasteiger partial charge is 0.490 e. The predicted molar refractivity (Wildman–Crippen MR) is 147 cm³/mol. The number of hydrogen-bond acceptors (Lipinski definition) is 10. The first-order chi connectivity index (χ1) is 19.0. The zero-order chi connectivity index (χ0) is 27.4. The van der Waals surface area contributed by atoms with Crippen molar-refractivity contribution in [1.82, 2.24) is 30.7 Å². The third-order valence-electron chi connectivity index (χ3n) is 5.71. The van der Waals surface area contributed by atoms with E-state index in [2.05, 4.69) is 69.9 Å². The minimum absolute atomic E-state index is 0.0338. The van der Waals surface area contributed by atoms with Crippen molar-refractivity contribution >= 4 is 44.6 Å². The van der Waals surface area contributed by atoms with Crippen LogP contribution in [0.3, 0.4) is 0 Å². The summed E-state index contributed by atoms with van der Waals surface area (Å²) >= 11 is 3.58. The normalized spacial score (nSPS) is 11.3. The van der Waals surface area contributed by atoms with E-state index in [0.717, 1.165) is 21.0 Å². The maximum atomic E-state index is 12.8. The average molecular weight is 591 g/mol. The highest BCUT2D eigenvalue weighted by atomic mass is 79.9. The third-order valence-corrected chi connectivity index (χ3v) is 6.30. The van der Waals surface area contributed by atoms with Gasteiger partial charge in [-0.05, 0) is 74.1 Å². The molecule has 0 saturated carbocycles. The van der Waals surface area contributed by atoms with E-state index in [0.29, 0.717) is 40.4 Å². The molecule has 0 aliphatic rings. The van der Waals surface area contributed by atoms with Gasteiger partial charge in [0.2, 0.25) is 11.6 Å². The molecule has 3 aromatic carbocycles. The molecule has 2 heterocycles. The Bertz CT molecular complexity index is 1670. The number of carbonyl (C=O) groups is 1. The van der Waals surface area contributed by atoms with E-state index in [-0.39, 0.29) is 17.3 Å². The summed E-state index contributed by atoms with van der Waals surface area (Å²) in [6.45, 7) is 4.30. The van der Waals surface area contributed by atoms with Gasteiger partial charge in [0.05, 0.1) is 23.0 Å². The molecule has 0 bridgehead atoms. The van der Waals surface area contributed by atoms with Crippen LogP contribution in [-0.4, -0.2) is 44.0 Å². The second kappa shape index (κ2) is 11.3. The van der Waals surface area contributed by atoms with Crippen molar-refractivity contribution < 1.29 is 18.9 Å². The smallest absolute Gasteiger partial charge is 0.292 e. The Morgan fingerprint density at radius 2 is 2.00 bits per heavy atom. The van der Waals surface area contributed by atoms with Crippen LogP contribution in [-0.2, 0) is 6.61 Å². The standard InChI is InChI=1S/C26H23BrN8O4/c1-3-37-21-12-16(11-20(27)23(21)38-14-18-9-6-8-17-7-4-5-10-19(17)18)13-29-31-26(36)22-15(2)30-34-35(22)25-24(28)32-39-33-25/h4-13H,3,14H2,1-2H3,(H2,28,32)(H,31,36)/b29-13-. The number of nitrogens with one attached hydrogen (secondary N) is 1. The van der Waals surface area contributed by atoms with E-state index in [1.807, 2.05) is 37.3 Å². The monoisotopic (exact) mass is 590 g/mol. The van der Waals surface area contributed by atoms with Crippen LogP contribution in [0.15, 0.2) is 68.8 Å². The number of aromatic nitrogens is 5. The van der Waals surface area contributed by atoms with Crippen molar-refractivity contribution in [3.05, 3.63) is 81.6 Å². The Morgan fingerprint density at radius 3 is 2.79 bits per heavy atom. The summed E-state index contributed by atoms with van der Waals surface area (Å²) in [6.07, 6.45) is 1.48. The van der Waals surface area contributed by atoms with Crippen molar-refractivity contribution in [1.29, 1.82) is 0 Å². The highest BCUT2D eigenvalue weighted by molar-refractivity contribution is 9.10. The molecule has 198 valence electrons. The fraction of sp³-hybridized carbons (Fsp3) is 0.154. The molecule has 0 spiro atoms. The summed E-state index contributed by atoms with van der Waals surface area (Å²) in [6, 6.07) is 17.9. The molecular formula is C26H23BrN8O4. The van der Waals surface area contributed by atoms with Crippen LogP contribution in [0.2, 0.25) is 0 Å². The quantitative estimate of drug-likeness (QED) is 0.190. The molecule has 5 rings (SSSR count). The number of nitrogens with zero attached hydrogens (tertiary/aromatic N) is 6. The van der Waals surface area contributed by atoms with Crippen LogP contribution < -0.4 is 20.6 Å². The highest BCUT2D eigenvalue weighted by Crippen LogP contribution is 2.37. The van der Waals surface area contributed by atoms with Gasteiger partial charge in [0, 0.05) is 0 Å². The Morgan fingerprint density at radius 1 is 1.18 bits per heavy atom. The number of rotatable bonds is 9. The lowest BCUT2D eigenvalue weighted by Gasteiger charge is -2.15. The summed E-state index contributed by atoms with van der Waals surface area (Å²) < 4.78 is 18.5. The number of hydrogen-bond donors (Lipinski definition) is 2. The zero-order valence-electron chi connectivity index (χ0n) is 21.0. The van der Waals surface area contributed by atoms with E-state index in [1.54, 1.807) is 13.0 Å². The lowest BCUT2D eigenvalue weighted by Crippen LogP contribution is -2.22. The molecule has 0 atom stereocenters. The van der Waals surface area contributed by atoms with E-state index in [4.69, 9.17) is 15.2 Å². The number of hydrazone groups is 1. The number of amides is 1. The van der Waals surface area contributed by atoms with Crippen molar-refractivity contribution in [3.63, 3.8) is 0 Å². The van der Waals surface area contributed by atoms with Crippen LogP contribution in [0.5, 0.6) is 11.5 Å². The van der Waals surface area contributed by atoms with Crippen LogP contribution >= 0.6 is 15.9 Å². The van der Waals surface area contributed by atoms with Gasteiger partial charge in [-0.3, -0.25) is 4.79 Å². The Hall–Kier alpha value is -4.78. The summed E-state index contributed by atoms with van der Waals surface area (Å²) in [5.74, 6) is 0.542. The van der Waals surface area contributed by atoms with Gasteiger partial charge in [-0.15, -0.1) is 5.10 Å². The van der Waals surface area contributed by atoms with Gasteiger partial charge in [-0.1, -0.05) is 47.7 Å². The molecule has 13 heteroatoms. The van der Waals surface area contributed by atoms with E-state index in [9.17, 15) is 4.79 Å². The van der Waals surface area contributed by atoms with Gasteiger partial charge in [-0.2, -0.15) is 9.78 Å². The van der Waals surface area contributed by atoms with E-state index in [1.165, 1.54) is 6.21 Å². The van der Waals surface area contributed by atoms with Crippen LogP contribution in [0.4, 0.5) is 5.82 Å². The molecule has 2 aromatic heterocycles. The third kappa shape index (κ3) is 5.43. The lowest BCUT2D eigenvalue weighted by molar-refractivity contribution is 0.0946. The summed E-state index contributed by atoms with van der Waals surface area (Å²) in [5.41, 5.74) is 10.3. The maximum Gasteiger partial charge on any atom is 0.292 e. The second-order valence-electron chi connectivity index (χ2n) is 8.30.